The summed E-state index contributed by atoms with van der Waals surface area (Å²) in [6, 6.07) is 14.3. The summed E-state index contributed by atoms with van der Waals surface area (Å²) in [5.74, 6) is 1.64. The summed E-state index contributed by atoms with van der Waals surface area (Å²) in [6.45, 7) is 6.91. The molecule has 3 aromatic rings. The topological polar surface area (TPSA) is 43.4 Å². The molecule has 0 spiro atoms. The molecular formula is C21H21BrN2O2S. The molecule has 1 aromatic heterocycles. The van der Waals surface area contributed by atoms with Crippen LogP contribution in [-0.4, -0.2) is 11.8 Å². The molecule has 0 unspecified atom stereocenters. The van der Waals surface area contributed by atoms with E-state index in [1.54, 1.807) is 11.3 Å². The molecule has 1 aliphatic heterocycles. The van der Waals surface area contributed by atoms with Gasteiger partial charge in [0.15, 0.2) is 16.6 Å². The van der Waals surface area contributed by atoms with Gasteiger partial charge in [-0.1, -0.05) is 48.8 Å². The van der Waals surface area contributed by atoms with Crippen molar-refractivity contribution in [3.8, 4) is 11.5 Å². The number of halogens is 1. The van der Waals surface area contributed by atoms with Crippen LogP contribution in [0.4, 0.5) is 10.8 Å². The van der Waals surface area contributed by atoms with Gasteiger partial charge >= 0.3 is 0 Å². The predicted octanol–water partition coefficient (Wildman–Crippen LogP) is 6.27. The van der Waals surface area contributed by atoms with Gasteiger partial charge < -0.3 is 14.8 Å². The Hall–Kier alpha value is -2.05. The lowest BCUT2D eigenvalue weighted by atomic mass is 9.90. The molecule has 2 aromatic carbocycles. The SMILES string of the molecule is CC(C)(C)c1nc(Nc2cccc(Br)c2)sc1Cc1ccc2c(c1)OCO2. The number of hydrogen-bond donors (Lipinski definition) is 1. The number of thiazole rings is 1. The van der Waals surface area contributed by atoms with E-state index in [9.17, 15) is 0 Å². The summed E-state index contributed by atoms with van der Waals surface area (Å²) >= 11 is 5.22. The Morgan fingerprint density at radius 3 is 2.70 bits per heavy atom. The zero-order valence-corrected chi connectivity index (χ0v) is 17.9. The highest BCUT2D eigenvalue weighted by atomic mass is 79.9. The van der Waals surface area contributed by atoms with Crippen LogP contribution in [0.2, 0.25) is 0 Å². The first-order chi connectivity index (χ1) is 12.9. The highest BCUT2D eigenvalue weighted by Gasteiger charge is 2.24. The van der Waals surface area contributed by atoms with Gasteiger partial charge in [0.05, 0.1) is 5.69 Å². The van der Waals surface area contributed by atoms with E-state index in [1.807, 2.05) is 24.3 Å². The van der Waals surface area contributed by atoms with Gasteiger partial charge in [0.2, 0.25) is 6.79 Å². The Morgan fingerprint density at radius 2 is 1.93 bits per heavy atom. The monoisotopic (exact) mass is 444 g/mol. The summed E-state index contributed by atoms with van der Waals surface area (Å²) in [6.07, 6.45) is 0.821. The van der Waals surface area contributed by atoms with Crippen molar-refractivity contribution in [3.05, 3.63) is 63.1 Å². The fourth-order valence-corrected chi connectivity index (χ4v) is 4.66. The maximum atomic E-state index is 5.52. The highest BCUT2D eigenvalue weighted by Crippen LogP contribution is 2.37. The lowest BCUT2D eigenvalue weighted by Gasteiger charge is -2.17. The van der Waals surface area contributed by atoms with E-state index in [-0.39, 0.29) is 5.41 Å². The molecular weight excluding hydrogens is 424 g/mol. The van der Waals surface area contributed by atoms with Crippen LogP contribution < -0.4 is 14.8 Å². The third-order valence-electron chi connectivity index (χ3n) is 4.29. The first kappa shape index (κ1) is 18.3. The number of aromatic nitrogens is 1. The molecule has 6 heteroatoms. The molecule has 0 fully saturated rings. The van der Waals surface area contributed by atoms with Crippen LogP contribution in [0, 0.1) is 0 Å². The van der Waals surface area contributed by atoms with Crippen molar-refractivity contribution in [3.63, 3.8) is 0 Å². The standard InChI is InChI=1S/C21H21BrN2O2S/c1-21(2,3)19-18(10-13-7-8-16-17(9-13)26-12-25-16)27-20(24-19)23-15-6-4-5-14(22)11-15/h4-9,11H,10,12H2,1-3H3,(H,23,24). The molecule has 27 heavy (non-hydrogen) atoms. The van der Waals surface area contributed by atoms with Gasteiger partial charge in [0.25, 0.3) is 0 Å². The molecule has 0 aliphatic carbocycles. The minimum Gasteiger partial charge on any atom is -0.454 e. The zero-order valence-electron chi connectivity index (χ0n) is 15.5. The van der Waals surface area contributed by atoms with E-state index in [4.69, 9.17) is 14.5 Å². The number of nitrogens with one attached hydrogen (secondary N) is 1. The van der Waals surface area contributed by atoms with Crippen LogP contribution in [0.15, 0.2) is 46.9 Å². The molecule has 2 heterocycles. The van der Waals surface area contributed by atoms with Gasteiger partial charge in [-0.25, -0.2) is 4.98 Å². The summed E-state index contributed by atoms with van der Waals surface area (Å²) in [5.41, 5.74) is 3.32. The summed E-state index contributed by atoms with van der Waals surface area (Å²) < 4.78 is 12.0. The Labute approximate surface area is 171 Å². The largest absolute Gasteiger partial charge is 0.454 e. The first-order valence-corrected chi connectivity index (χ1v) is 10.4. The fraction of sp³-hybridized carbons (Fsp3) is 0.286. The van der Waals surface area contributed by atoms with E-state index >= 15 is 0 Å². The number of fused-ring (bicyclic) bond motifs is 1. The van der Waals surface area contributed by atoms with Gasteiger partial charge in [-0.3, -0.25) is 0 Å². The van der Waals surface area contributed by atoms with Crippen molar-refractivity contribution in [2.75, 3.05) is 12.1 Å². The van der Waals surface area contributed by atoms with Gasteiger partial charge in [0, 0.05) is 26.9 Å². The number of ether oxygens (including phenoxy) is 2. The molecule has 0 amide bonds. The van der Waals surface area contributed by atoms with Crippen LogP contribution in [-0.2, 0) is 11.8 Å². The highest BCUT2D eigenvalue weighted by molar-refractivity contribution is 9.10. The van der Waals surface area contributed by atoms with E-state index in [1.165, 1.54) is 10.4 Å². The van der Waals surface area contributed by atoms with Crippen molar-refractivity contribution in [2.24, 2.45) is 0 Å². The predicted molar refractivity (Wildman–Crippen MR) is 114 cm³/mol. The van der Waals surface area contributed by atoms with Crippen LogP contribution in [0.1, 0.15) is 36.9 Å². The van der Waals surface area contributed by atoms with Crippen molar-refractivity contribution in [1.29, 1.82) is 0 Å². The summed E-state index contributed by atoms with van der Waals surface area (Å²) in [5, 5.41) is 4.35. The molecule has 0 saturated heterocycles. The molecule has 0 bridgehead atoms. The summed E-state index contributed by atoms with van der Waals surface area (Å²) in [4.78, 5) is 6.17. The van der Waals surface area contributed by atoms with Crippen LogP contribution in [0.3, 0.4) is 0 Å². The molecule has 0 radical (unpaired) electrons. The lowest BCUT2D eigenvalue weighted by molar-refractivity contribution is 0.174. The second kappa shape index (κ2) is 7.17. The third-order valence-corrected chi connectivity index (χ3v) is 5.75. The van der Waals surface area contributed by atoms with Crippen LogP contribution in [0.25, 0.3) is 0 Å². The molecule has 4 nitrogen and oxygen atoms in total. The van der Waals surface area contributed by atoms with E-state index in [0.29, 0.717) is 6.79 Å². The van der Waals surface area contributed by atoms with E-state index in [0.717, 1.165) is 38.9 Å². The lowest BCUT2D eigenvalue weighted by Crippen LogP contribution is -2.14. The minimum atomic E-state index is -0.0284. The zero-order chi connectivity index (χ0) is 19.0. The quantitative estimate of drug-likeness (QED) is 0.514. The minimum absolute atomic E-state index is 0.0284. The second-order valence-electron chi connectivity index (χ2n) is 7.54. The number of hydrogen-bond acceptors (Lipinski definition) is 5. The smallest absolute Gasteiger partial charge is 0.231 e. The first-order valence-electron chi connectivity index (χ1n) is 8.80. The number of rotatable bonds is 4. The fourth-order valence-electron chi connectivity index (χ4n) is 3.04. The second-order valence-corrected chi connectivity index (χ2v) is 9.54. The Kier molecular flexibility index (Phi) is 4.86. The van der Waals surface area contributed by atoms with Crippen LogP contribution in [0.5, 0.6) is 11.5 Å². The average Bonchev–Trinajstić information content (AvgIpc) is 3.21. The van der Waals surface area contributed by atoms with Gasteiger partial charge in [-0.15, -0.1) is 11.3 Å². The van der Waals surface area contributed by atoms with Crippen molar-refractivity contribution in [2.45, 2.75) is 32.6 Å². The Balaban J connectivity index is 1.63. The number of benzene rings is 2. The Bertz CT molecular complexity index is 979. The molecule has 140 valence electrons. The van der Waals surface area contributed by atoms with E-state index < -0.39 is 0 Å². The third kappa shape index (κ3) is 4.12. The maximum absolute atomic E-state index is 5.52. The van der Waals surface area contributed by atoms with Gasteiger partial charge in [0.1, 0.15) is 0 Å². The molecule has 1 aliphatic rings. The van der Waals surface area contributed by atoms with Crippen molar-refractivity contribution in [1.82, 2.24) is 4.98 Å². The average molecular weight is 445 g/mol. The maximum Gasteiger partial charge on any atom is 0.231 e. The van der Waals surface area contributed by atoms with Gasteiger partial charge in [-0.05, 0) is 35.9 Å². The molecule has 0 atom stereocenters. The normalized spacial score (nSPS) is 13.0. The van der Waals surface area contributed by atoms with Crippen molar-refractivity contribution < 1.29 is 9.47 Å². The van der Waals surface area contributed by atoms with Crippen LogP contribution >= 0.6 is 27.3 Å². The van der Waals surface area contributed by atoms with E-state index in [2.05, 4.69) is 60.2 Å². The Morgan fingerprint density at radius 1 is 1.11 bits per heavy atom. The van der Waals surface area contributed by atoms with Crippen molar-refractivity contribution >= 4 is 38.1 Å². The van der Waals surface area contributed by atoms with Gasteiger partial charge in [-0.2, -0.15) is 0 Å². The molecule has 4 rings (SSSR count). The molecule has 1 N–H and O–H groups in total. The number of anilines is 2. The summed E-state index contributed by atoms with van der Waals surface area (Å²) in [7, 11) is 0. The number of nitrogens with zero attached hydrogens (tertiary/aromatic N) is 1. The molecule has 0 saturated carbocycles.